The van der Waals surface area contributed by atoms with Crippen LogP contribution in [0.15, 0.2) is 20.5 Å². The quantitative estimate of drug-likeness (QED) is 0.555. The summed E-state index contributed by atoms with van der Waals surface area (Å²) in [5.74, 6) is 0. The number of hydrogen-bond donors (Lipinski definition) is 0. The third-order valence-electron chi connectivity index (χ3n) is 0.232. The first-order valence-electron chi connectivity index (χ1n) is 1.36. The van der Waals surface area contributed by atoms with Gasteiger partial charge in [-0.3, -0.25) is 0 Å². The summed E-state index contributed by atoms with van der Waals surface area (Å²) in [6.45, 7) is 3.49. The van der Waals surface area contributed by atoms with Gasteiger partial charge in [0.1, 0.15) is 0 Å². The Kier molecular flexibility index (Phi) is 5.63. The first-order valence-corrected chi connectivity index (χ1v) is 3.22. The second-order valence-corrected chi connectivity index (χ2v) is 1.66. The first-order chi connectivity index (χ1) is 2.41. The predicted octanol–water partition coefficient (Wildman–Crippen LogP) is 1.24. The molecule has 5 heavy (non-hydrogen) atoms. The summed E-state index contributed by atoms with van der Waals surface area (Å²) in [4.78, 5) is 0. The molecule has 0 aliphatic carbocycles. The van der Waals surface area contributed by atoms with Crippen LogP contribution in [0, 0.1) is 38.8 Å². The molecule has 0 spiro atoms. The Morgan fingerprint density at radius 2 is 2.20 bits per heavy atom. The molecule has 0 saturated carbocycles. The van der Waals surface area contributed by atoms with Crippen LogP contribution >= 0.6 is 0 Å². The van der Waals surface area contributed by atoms with Gasteiger partial charge in [-0.25, -0.2) is 0 Å². The van der Waals surface area contributed by atoms with Gasteiger partial charge >= 0.3 is 59.2 Å². The van der Waals surface area contributed by atoms with Crippen molar-refractivity contribution in [1.82, 2.24) is 0 Å². The van der Waals surface area contributed by atoms with Gasteiger partial charge in [0.25, 0.3) is 0 Å². The Labute approximate surface area is 58.6 Å². The van der Waals surface area contributed by atoms with E-state index in [1.807, 2.05) is 6.08 Å². The van der Waals surface area contributed by atoms with Crippen LogP contribution in [0.5, 0.6) is 0 Å². The molecule has 0 fully saturated rings. The molecule has 0 saturated heterocycles. The van der Waals surface area contributed by atoms with Gasteiger partial charge < -0.3 is 0 Å². The molecule has 0 aromatic carbocycles. The van der Waals surface area contributed by atoms with Crippen LogP contribution in [0.4, 0.5) is 0 Å². The van der Waals surface area contributed by atoms with Crippen molar-refractivity contribution in [1.29, 1.82) is 0 Å². The Morgan fingerprint density at radius 1 is 1.60 bits per heavy atom. The van der Waals surface area contributed by atoms with Gasteiger partial charge in [-0.1, -0.05) is 0 Å². The van der Waals surface area contributed by atoms with Crippen molar-refractivity contribution in [2.45, 2.75) is 0 Å². The second-order valence-electron chi connectivity index (χ2n) is 0.595. The van der Waals surface area contributed by atoms with Crippen LogP contribution in [-0.4, -0.2) is 0 Å². The fourth-order valence-corrected chi connectivity index (χ4v) is 0.505. The predicted molar refractivity (Wildman–Crippen MR) is 19.3 cm³/mol. The van der Waals surface area contributed by atoms with Gasteiger partial charge in [0.15, 0.2) is 0 Å². The molecule has 0 radical (unpaired) electrons. The van der Waals surface area contributed by atoms with Crippen molar-refractivity contribution in [3.8, 4) is 0 Å². The molecule has 0 nitrogen and oxygen atoms in total. The van der Waals surface area contributed by atoms with Crippen LogP contribution in [0.2, 0.25) is 0 Å². The minimum absolute atomic E-state index is 1.15. The van der Waals surface area contributed by atoms with Crippen LogP contribution < -0.4 is 0 Å². The summed E-state index contributed by atoms with van der Waals surface area (Å²) in [6, 6.07) is 0. The van der Waals surface area contributed by atoms with Gasteiger partial charge in [-0.2, -0.15) is 0 Å². The zero-order chi connectivity index (χ0) is 4.12. The molecular formula is C4H5Nd. The van der Waals surface area contributed by atoms with E-state index in [0.29, 0.717) is 0 Å². The fraction of sp³-hybridized carbons (Fsp3) is 0. The van der Waals surface area contributed by atoms with Gasteiger partial charge in [-0.05, 0) is 0 Å². The molecular weight excluding hydrogens is 192 g/mol. The monoisotopic (exact) mass is 195 g/mol. The molecule has 25 valence electrons. The molecule has 0 amide bonds. The van der Waals surface area contributed by atoms with Gasteiger partial charge in [0.2, 0.25) is 0 Å². The molecule has 1 heteroatoms. The van der Waals surface area contributed by atoms with E-state index in [0.717, 1.165) is 38.8 Å². The van der Waals surface area contributed by atoms with Crippen LogP contribution in [-0.2, 0) is 0 Å². The van der Waals surface area contributed by atoms with Crippen molar-refractivity contribution in [3.05, 3.63) is 20.5 Å². The third kappa shape index (κ3) is 4.83. The molecule has 0 heterocycles. The van der Waals surface area contributed by atoms with Crippen molar-refractivity contribution >= 4 is 0 Å². The van der Waals surface area contributed by atoms with Crippen LogP contribution in [0.25, 0.3) is 0 Å². The molecule has 0 rings (SSSR count). The van der Waals surface area contributed by atoms with E-state index < -0.39 is 0 Å². The normalized spacial score (nSPS) is 8.60. The van der Waals surface area contributed by atoms with E-state index in [1.165, 1.54) is 0 Å². The molecule has 0 aliphatic rings. The number of hydrogen-bond acceptors (Lipinski definition) is 0. The van der Waals surface area contributed by atoms with E-state index in [1.54, 1.807) is 6.08 Å². The van der Waals surface area contributed by atoms with Crippen molar-refractivity contribution < 1.29 is 38.8 Å². The molecule has 0 N–H and O–H groups in total. The summed E-state index contributed by atoms with van der Waals surface area (Å²) in [7, 11) is 0. The van der Waals surface area contributed by atoms with E-state index in [2.05, 4.69) is 8.30 Å². The third-order valence-corrected chi connectivity index (χ3v) is 0.850. The molecule has 0 atom stereocenters. The van der Waals surface area contributed by atoms with Crippen LogP contribution in [0.3, 0.4) is 0 Å². The maximum atomic E-state index is 3.49. The van der Waals surface area contributed by atoms with Crippen molar-refractivity contribution in [2.24, 2.45) is 0 Å². The Morgan fingerprint density at radius 3 is 2.20 bits per heavy atom. The molecule has 0 aromatic rings. The Hall–Kier alpha value is 0.831. The summed E-state index contributed by atoms with van der Waals surface area (Å²) < 4.78 is 2.08. The summed E-state index contributed by atoms with van der Waals surface area (Å²) in [5, 5.41) is 0. The summed E-state index contributed by atoms with van der Waals surface area (Å²) in [5.41, 5.74) is 0. The topological polar surface area (TPSA) is 0 Å². The average molecular weight is 197 g/mol. The molecule has 0 bridgehead atoms. The van der Waals surface area contributed by atoms with E-state index >= 15 is 0 Å². The number of rotatable bonds is 1. The maximum absolute atomic E-state index is 3.49. The first kappa shape index (κ1) is 5.83. The van der Waals surface area contributed by atoms with Gasteiger partial charge in [0.05, 0.1) is 0 Å². The second kappa shape index (κ2) is 4.83. The zero-order valence-corrected chi connectivity index (χ0v) is 6.15. The Bertz CT molecular complexity index is 45.6. The van der Waals surface area contributed by atoms with E-state index in [-0.39, 0.29) is 0 Å². The average Bonchev–Trinajstić information content (AvgIpc) is 1.41. The fourth-order valence-electron chi connectivity index (χ4n) is 0.0680. The van der Waals surface area contributed by atoms with E-state index in [4.69, 9.17) is 0 Å². The summed E-state index contributed by atoms with van der Waals surface area (Å²) in [6.07, 6.45) is 3.74. The molecule has 0 aromatic heterocycles. The van der Waals surface area contributed by atoms with Gasteiger partial charge in [0, 0.05) is 0 Å². The van der Waals surface area contributed by atoms with Crippen LogP contribution in [0.1, 0.15) is 0 Å². The van der Waals surface area contributed by atoms with E-state index in [9.17, 15) is 0 Å². The van der Waals surface area contributed by atoms with Crippen molar-refractivity contribution in [2.75, 3.05) is 0 Å². The minimum atomic E-state index is 1.15. The zero-order valence-electron chi connectivity index (χ0n) is 2.94. The molecule has 0 unspecified atom stereocenters. The van der Waals surface area contributed by atoms with Crippen molar-refractivity contribution in [3.63, 3.8) is 0 Å². The summed E-state index contributed by atoms with van der Waals surface area (Å²) >= 11 is 1.15. The SMILES string of the molecule is C=CC=[CH][Nd]. The Balaban J connectivity index is 2.92. The van der Waals surface area contributed by atoms with Gasteiger partial charge in [-0.15, -0.1) is 0 Å². The standard InChI is InChI=1S/C4H5.Nd/c1-3-4-2;/h1,3-4H,2H2;. The number of allylic oxidation sites excluding steroid dienone is 2. The molecule has 0 aliphatic heterocycles.